The van der Waals surface area contributed by atoms with Crippen LogP contribution < -0.4 is 10.1 Å². The van der Waals surface area contributed by atoms with Gasteiger partial charge in [-0.15, -0.1) is 0 Å². The zero-order valence-corrected chi connectivity index (χ0v) is 14.1. The first-order valence-electron chi connectivity index (χ1n) is 7.32. The van der Waals surface area contributed by atoms with Gasteiger partial charge in [0.05, 0.1) is 13.2 Å². The SMILES string of the molecule is COc1ccc(C(NC(=O)CC(=O)O)c2ccccc2Cl)c(C)c1. The first kappa shape index (κ1) is 17.8. The summed E-state index contributed by atoms with van der Waals surface area (Å²) in [5.41, 5.74) is 2.42. The van der Waals surface area contributed by atoms with Crippen LogP contribution in [-0.4, -0.2) is 24.1 Å². The van der Waals surface area contributed by atoms with Crippen molar-refractivity contribution in [3.05, 3.63) is 64.2 Å². The van der Waals surface area contributed by atoms with Gasteiger partial charge >= 0.3 is 5.97 Å². The van der Waals surface area contributed by atoms with Gasteiger partial charge in [0, 0.05) is 5.02 Å². The molecule has 1 atom stereocenters. The minimum absolute atomic E-state index is 0.494. The van der Waals surface area contributed by atoms with E-state index in [0.717, 1.165) is 11.1 Å². The van der Waals surface area contributed by atoms with E-state index >= 15 is 0 Å². The summed E-state index contributed by atoms with van der Waals surface area (Å²) in [6, 6.07) is 12.1. The Balaban J connectivity index is 2.45. The molecule has 2 aromatic rings. The van der Waals surface area contributed by atoms with Crippen LogP contribution in [0.2, 0.25) is 5.02 Å². The number of carbonyl (C=O) groups excluding carboxylic acids is 1. The molecule has 0 spiro atoms. The number of carbonyl (C=O) groups is 2. The molecule has 0 aliphatic heterocycles. The van der Waals surface area contributed by atoms with E-state index < -0.39 is 24.3 Å². The van der Waals surface area contributed by atoms with Crippen LogP contribution in [0.1, 0.15) is 29.2 Å². The minimum Gasteiger partial charge on any atom is -0.497 e. The van der Waals surface area contributed by atoms with E-state index in [1.807, 2.05) is 25.1 Å². The molecule has 0 radical (unpaired) electrons. The summed E-state index contributed by atoms with van der Waals surface area (Å²) >= 11 is 6.28. The summed E-state index contributed by atoms with van der Waals surface area (Å²) in [5.74, 6) is -1.06. The number of carboxylic acids is 1. The molecule has 0 saturated heterocycles. The van der Waals surface area contributed by atoms with E-state index in [-0.39, 0.29) is 0 Å². The van der Waals surface area contributed by atoms with Gasteiger partial charge in [-0.2, -0.15) is 0 Å². The number of benzene rings is 2. The highest BCUT2D eigenvalue weighted by molar-refractivity contribution is 6.31. The standard InChI is InChI=1S/C18H18ClNO4/c1-11-9-12(24-2)7-8-13(11)18(20-16(21)10-17(22)23)14-5-3-4-6-15(14)19/h3-9,18H,10H2,1-2H3,(H,20,21)(H,22,23). The van der Waals surface area contributed by atoms with Crippen LogP contribution in [0.3, 0.4) is 0 Å². The number of aryl methyl sites for hydroxylation is 1. The monoisotopic (exact) mass is 347 g/mol. The molecular formula is C18H18ClNO4. The number of amides is 1. The second-order valence-electron chi connectivity index (χ2n) is 5.32. The van der Waals surface area contributed by atoms with Crippen molar-refractivity contribution < 1.29 is 19.4 Å². The topological polar surface area (TPSA) is 75.6 Å². The fraction of sp³-hybridized carbons (Fsp3) is 0.222. The number of carboxylic acid groups (broad SMARTS) is 1. The Hall–Kier alpha value is -2.53. The van der Waals surface area contributed by atoms with Crippen molar-refractivity contribution in [3.8, 4) is 5.75 Å². The van der Waals surface area contributed by atoms with E-state index in [4.69, 9.17) is 21.4 Å². The van der Waals surface area contributed by atoms with Gasteiger partial charge in [-0.1, -0.05) is 35.9 Å². The number of rotatable bonds is 6. The van der Waals surface area contributed by atoms with Crippen LogP contribution in [0.4, 0.5) is 0 Å². The van der Waals surface area contributed by atoms with E-state index in [0.29, 0.717) is 16.3 Å². The zero-order chi connectivity index (χ0) is 17.7. The predicted octanol–water partition coefficient (Wildman–Crippen LogP) is 3.34. The van der Waals surface area contributed by atoms with E-state index in [1.165, 1.54) is 0 Å². The molecule has 0 aromatic heterocycles. The molecule has 1 unspecified atom stereocenters. The minimum atomic E-state index is -1.18. The van der Waals surface area contributed by atoms with Crippen LogP contribution >= 0.6 is 11.6 Å². The third-order valence-corrected chi connectivity index (χ3v) is 3.97. The summed E-state index contributed by atoms with van der Waals surface area (Å²) < 4.78 is 5.20. The fourth-order valence-corrected chi connectivity index (χ4v) is 2.73. The third kappa shape index (κ3) is 4.26. The molecule has 126 valence electrons. The molecule has 2 rings (SSSR count). The lowest BCUT2D eigenvalue weighted by Gasteiger charge is -2.22. The predicted molar refractivity (Wildman–Crippen MR) is 91.4 cm³/mol. The zero-order valence-electron chi connectivity index (χ0n) is 13.4. The Bertz CT molecular complexity index is 760. The lowest BCUT2D eigenvalue weighted by Crippen LogP contribution is -2.31. The second kappa shape index (κ2) is 7.84. The van der Waals surface area contributed by atoms with Gasteiger partial charge in [0.25, 0.3) is 0 Å². The average molecular weight is 348 g/mol. The summed E-state index contributed by atoms with van der Waals surface area (Å²) in [6.45, 7) is 1.89. The van der Waals surface area contributed by atoms with Gasteiger partial charge < -0.3 is 15.2 Å². The Kier molecular flexibility index (Phi) is 5.82. The number of hydrogen-bond acceptors (Lipinski definition) is 3. The summed E-state index contributed by atoms with van der Waals surface area (Å²) in [5, 5.41) is 12.1. The quantitative estimate of drug-likeness (QED) is 0.786. The van der Waals surface area contributed by atoms with Gasteiger partial charge in [-0.25, -0.2) is 0 Å². The molecule has 1 amide bonds. The van der Waals surface area contributed by atoms with Crippen LogP contribution in [0, 0.1) is 6.92 Å². The van der Waals surface area contributed by atoms with Crippen molar-refractivity contribution in [2.45, 2.75) is 19.4 Å². The molecule has 0 aliphatic rings. The lowest BCUT2D eigenvalue weighted by atomic mass is 9.94. The fourth-order valence-electron chi connectivity index (χ4n) is 2.48. The van der Waals surface area contributed by atoms with Crippen molar-refractivity contribution in [3.63, 3.8) is 0 Å². The lowest BCUT2D eigenvalue weighted by molar-refractivity contribution is -0.140. The Morgan fingerprint density at radius 2 is 1.92 bits per heavy atom. The maximum Gasteiger partial charge on any atom is 0.312 e. The molecule has 2 aromatic carbocycles. The molecule has 5 nitrogen and oxygen atoms in total. The Morgan fingerprint density at radius 3 is 2.50 bits per heavy atom. The van der Waals surface area contributed by atoms with E-state index in [1.54, 1.807) is 31.4 Å². The van der Waals surface area contributed by atoms with Crippen molar-refractivity contribution in [1.82, 2.24) is 5.32 Å². The van der Waals surface area contributed by atoms with Crippen LogP contribution in [0.15, 0.2) is 42.5 Å². The maximum absolute atomic E-state index is 12.0. The molecule has 24 heavy (non-hydrogen) atoms. The van der Waals surface area contributed by atoms with Crippen molar-refractivity contribution in [1.29, 1.82) is 0 Å². The number of ether oxygens (including phenoxy) is 1. The number of nitrogens with one attached hydrogen (secondary N) is 1. The molecule has 0 saturated carbocycles. The highest BCUT2D eigenvalue weighted by Gasteiger charge is 2.22. The maximum atomic E-state index is 12.0. The normalized spacial score (nSPS) is 11.6. The number of halogens is 1. The summed E-state index contributed by atoms with van der Waals surface area (Å²) in [7, 11) is 1.58. The highest BCUT2D eigenvalue weighted by Crippen LogP contribution is 2.31. The molecule has 2 N–H and O–H groups in total. The number of hydrogen-bond donors (Lipinski definition) is 2. The number of aliphatic carboxylic acids is 1. The third-order valence-electron chi connectivity index (χ3n) is 3.62. The summed E-state index contributed by atoms with van der Waals surface area (Å²) in [6.07, 6.45) is -0.601. The van der Waals surface area contributed by atoms with E-state index in [9.17, 15) is 9.59 Å². The molecular weight excluding hydrogens is 330 g/mol. The van der Waals surface area contributed by atoms with Crippen molar-refractivity contribution in [2.75, 3.05) is 7.11 Å². The first-order chi connectivity index (χ1) is 11.4. The van der Waals surface area contributed by atoms with Gasteiger partial charge in [0.2, 0.25) is 5.91 Å². The highest BCUT2D eigenvalue weighted by atomic mass is 35.5. The Labute approximate surface area is 145 Å². The second-order valence-corrected chi connectivity index (χ2v) is 5.72. The molecule has 0 aliphatic carbocycles. The molecule has 0 fully saturated rings. The largest absolute Gasteiger partial charge is 0.497 e. The van der Waals surface area contributed by atoms with Crippen LogP contribution in [0.5, 0.6) is 5.75 Å². The molecule has 0 bridgehead atoms. The van der Waals surface area contributed by atoms with E-state index in [2.05, 4.69) is 5.32 Å². The smallest absolute Gasteiger partial charge is 0.312 e. The molecule has 6 heteroatoms. The van der Waals surface area contributed by atoms with Gasteiger partial charge in [0.1, 0.15) is 12.2 Å². The van der Waals surface area contributed by atoms with Gasteiger partial charge in [0.15, 0.2) is 0 Å². The van der Waals surface area contributed by atoms with Gasteiger partial charge in [-0.3, -0.25) is 9.59 Å². The number of methoxy groups -OCH3 is 1. The Morgan fingerprint density at radius 1 is 1.21 bits per heavy atom. The summed E-state index contributed by atoms with van der Waals surface area (Å²) in [4.78, 5) is 22.8. The van der Waals surface area contributed by atoms with Crippen LogP contribution in [-0.2, 0) is 9.59 Å². The van der Waals surface area contributed by atoms with Crippen molar-refractivity contribution in [2.24, 2.45) is 0 Å². The van der Waals surface area contributed by atoms with Crippen molar-refractivity contribution >= 4 is 23.5 Å². The average Bonchev–Trinajstić information content (AvgIpc) is 2.53. The molecule has 0 heterocycles. The van der Waals surface area contributed by atoms with Gasteiger partial charge in [-0.05, 0) is 41.8 Å². The first-order valence-corrected chi connectivity index (χ1v) is 7.70. The van der Waals surface area contributed by atoms with Crippen LogP contribution in [0.25, 0.3) is 0 Å².